The number of esters is 1. The number of nitrogens with zero attached hydrogens (tertiary/aromatic N) is 1. The van der Waals surface area contributed by atoms with Gasteiger partial charge in [0.2, 0.25) is 0 Å². The summed E-state index contributed by atoms with van der Waals surface area (Å²) in [6.45, 7) is 7.31. The van der Waals surface area contributed by atoms with E-state index in [1.165, 1.54) is 5.56 Å². The number of hydrogen-bond donors (Lipinski definition) is 1. The molecule has 1 atom stereocenters. The van der Waals surface area contributed by atoms with Crippen molar-refractivity contribution in [1.29, 1.82) is 0 Å². The van der Waals surface area contributed by atoms with Crippen LogP contribution in [0.15, 0.2) is 60.7 Å². The molecule has 0 spiro atoms. The molecule has 4 heteroatoms. The quantitative estimate of drug-likeness (QED) is 0.674. The molecule has 0 aliphatic heterocycles. The Balaban J connectivity index is 1.99. The first-order valence-electron chi connectivity index (χ1n) is 8.93. The third kappa shape index (κ3) is 6.69. The fourth-order valence-corrected chi connectivity index (χ4v) is 2.71. The lowest BCUT2D eigenvalue weighted by Gasteiger charge is -2.26. The Morgan fingerprint density at radius 3 is 2.16 bits per heavy atom. The minimum Gasteiger partial charge on any atom is -0.465 e. The number of likely N-dealkylation sites (N-methyl/N-ethyl adjacent to an activating group) is 1. The van der Waals surface area contributed by atoms with Gasteiger partial charge in [0.15, 0.2) is 0 Å². The van der Waals surface area contributed by atoms with Crippen molar-refractivity contribution in [2.45, 2.75) is 33.0 Å². The van der Waals surface area contributed by atoms with Crippen LogP contribution in [0.4, 0.5) is 0 Å². The number of rotatable bonds is 10. The van der Waals surface area contributed by atoms with Crippen molar-refractivity contribution >= 4 is 5.97 Å². The molecule has 0 saturated carbocycles. The second-order valence-electron chi connectivity index (χ2n) is 5.98. The van der Waals surface area contributed by atoms with E-state index in [9.17, 15) is 4.79 Å². The van der Waals surface area contributed by atoms with Gasteiger partial charge in [-0.05, 0) is 24.6 Å². The maximum absolute atomic E-state index is 12.4. The van der Waals surface area contributed by atoms with E-state index in [0.29, 0.717) is 19.7 Å². The van der Waals surface area contributed by atoms with Crippen LogP contribution in [0, 0.1) is 0 Å². The fraction of sp³-hybridized carbons (Fsp3) is 0.381. The molecule has 0 fully saturated rings. The van der Waals surface area contributed by atoms with Crippen molar-refractivity contribution < 1.29 is 9.53 Å². The van der Waals surface area contributed by atoms with Crippen LogP contribution in [-0.2, 0) is 22.6 Å². The van der Waals surface area contributed by atoms with Crippen molar-refractivity contribution in [1.82, 2.24) is 10.2 Å². The number of nitrogens with one attached hydrogen (secondary N) is 1. The summed E-state index contributed by atoms with van der Waals surface area (Å²) in [6.07, 6.45) is 0. The van der Waals surface area contributed by atoms with E-state index in [-0.39, 0.29) is 12.0 Å². The van der Waals surface area contributed by atoms with Gasteiger partial charge in [0.25, 0.3) is 0 Å². The number of carbonyl (C=O) groups excluding carboxylic acids is 1. The van der Waals surface area contributed by atoms with E-state index in [4.69, 9.17) is 4.74 Å². The van der Waals surface area contributed by atoms with Gasteiger partial charge in [-0.1, -0.05) is 67.6 Å². The normalized spacial score (nSPS) is 12.1. The summed E-state index contributed by atoms with van der Waals surface area (Å²) in [5, 5.41) is 3.35. The van der Waals surface area contributed by atoms with Gasteiger partial charge < -0.3 is 4.74 Å². The second-order valence-corrected chi connectivity index (χ2v) is 5.98. The van der Waals surface area contributed by atoms with Gasteiger partial charge in [0.05, 0.1) is 6.61 Å². The SMILES string of the molecule is CCOC(=O)C(CN(CC)Cc1ccccc1)NCc1ccccc1. The van der Waals surface area contributed by atoms with E-state index in [0.717, 1.165) is 18.7 Å². The van der Waals surface area contributed by atoms with Crippen LogP contribution >= 0.6 is 0 Å². The van der Waals surface area contributed by atoms with Crippen LogP contribution in [0.1, 0.15) is 25.0 Å². The molecule has 0 aliphatic carbocycles. The molecule has 0 bridgehead atoms. The lowest BCUT2D eigenvalue weighted by Crippen LogP contribution is -2.46. The number of benzene rings is 2. The monoisotopic (exact) mass is 340 g/mol. The van der Waals surface area contributed by atoms with Crippen LogP contribution < -0.4 is 5.32 Å². The zero-order valence-electron chi connectivity index (χ0n) is 15.2. The summed E-state index contributed by atoms with van der Waals surface area (Å²) >= 11 is 0. The van der Waals surface area contributed by atoms with E-state index in [1.54, 1.807) is 0 Å². The Morgan fingerprint density at radius 1 is 1.00 bits per heavy atom. The lowest BCUT2D eigenvalue weighted by atomic mass is 10.1. The minimum absolute atomic E-state index is 0.190. The molecule has 0 amide bonds. The highest BCUT2D eigenvalue weighted by molar-refractivity contribution is 5.76. The van der Waals surface area contributed by atoms with Crippen LogP contribution in [0.25, 0.3) is 0 Å². The Kier molecular flexibility index (Phi) is 8.16. The molecule has 2 aromatic carbocycles. The fourth-order valence-electron chi connectivity index (χ4n) is 2.71. The van der Waals surface area contributed by atoms with E-state index >= 15 is 0 Å². The smallest absolute Gasteiger partial charge is 0.324 e. The van der Waals surface area contributed by atoms with Gasteiger partial charge in [0.1, 0.15) is 6.04 Å². The zero-order chi connectivity index (χ0) is 17.9. The minimum atomic E-state index is -0.344. The Labute approximate surface area is 150 Å². The second kappa shape index (κ2) is 10.6. The van der Waals surface area contributed by atoms with E-state index in [1.807, 2.05) is 43.3 Å². The molecule has 4 nitrogen and oxygen atoms in total. The maximum atomic E-state index is 12.4. The van der Waals surface area contributed by atoms with Crippen LogP contribution in [-0.4, -0.2) is 36.6 Å². The predicted molar refractivity (Wildman–Crippen MR) is 101 cm³/mol. The maximum Gasteiger partial charge on any atom is 0.324 e. The molecule has 134 valence electrons. The van der Waals surface area contributed by atoms with Gasteiger partial charge in [0, 0.05) is 19.6 Å². The zero-order valence-corrected chi connectivity index (χ0v) is 15.2. The Hall–Kier alpha value is -2.17. The topological polar surface area (TPSA) is 41.6 Å². The highest BCUT2D eigenvalue weighted by atomic mass is 16.5. The summed E-state index contributed by atoms with van der Waals surface area (Å²) in [6, 6.07) is 20.1. The predicted octanol–water partition coefficient (Wildman–Crippen LogP) is 3.23. The summed E-state index contributed by atoms with van der Waals surface area (Å²) in [7, 11) is 0. The highest BCUT2D eigenvalue weighted by Crippen LogP contribution is 2.07. The van der Waals surface area contributed by atoms with Gasteiger partial charge >= 0.3 is 5.97 Å². The Morgan fingerprint density at radius 2 is 1.60 bits per heavy atom. The molecule has 0 radical (unpaired) electrons. The Bertz CT molecular complexity index is 616. The molecule has 0 aromatic heterocycles. The van der Waals surface area contributed by atoms with Crippen molar-refractivity contribution in [3.8, 4) is 0 Å². The number of carbonyl (C=O) groups is 1. The molecule has 1 unspecified atom stereocenters. The highest BCUT2D eigenvalue weighted by Gasteiger charge is 2.22. The van der Waals surface area contributed by atoms with Gasteiger partial charge in [-0.25, -0.2) is 0 Å². The lowest BCUT2D eigenvalue weighted by molar-refractivity contribution is -0.146. The number of ether oxygens (including phenoxy) is 1. The van der Waals surface area contributed by atoms with Gasteiger partial charge in [-0.2, -0.15) is 0 Å². The van der Waals surface area contributed by atoms with Crippen molar-refractivity contribution in [3.05, 3.63) is 71.8 Å². The molecule has 2 aromatic rings. The first-order chi connectivity index (χ1) is 12.2. The molecule has 25 heavy (non-hydrogen) atoms. The molecular weight excluding hydrogens is 312 g/mol. The molecule has 0 aliphatic rings. The molecule has 1 N–H and O–H groups in total. The van der Waals surface area contributed by atoms with Crippen molar-refractivity contribution in [3.63, 3.8) is 0 Å². The summed E-state index contributed by atoms with van der Waals surface area (Å²) in [5.41, 5.74) is 2.40. The molecule has 0 heterocycles. The average Bonchev–Trinajstić information content (AvgIpc) is 2.66. The van der Waals surface area contributed by atoms with E-state index in [2.05, 4.69) is 41.4 Å². The molecule has 2 rings (SSSR count). The average molecular weight is 340 g/mol. The van der Waals surface area contributed by atoms with Crippen LogP contribution in [0.5, 0.6) is 0 Å². The molecular formula is C21H28N2O2. The summed E-state index contributed by atoms with van der Waals surface area (Å²) < 4.78 is 5.26. The van der Waals surface area contributed by atoms with Gasteiger partial charge in [-0.15, -0.1) is 0 Å². The van der Waals surface area contributed by atoms with Gasteiger partial charge in [-0.3, -0.25) is 15.0 Å². The number of hydrogen-bond acceptors (Lipinski definition) is 4. The summed E-state index contributed by atoms with van der Waals surface area (Å²) in [5.74, 6) is -0.190. The standard InChI is InChI=1S/C21H28N2O2/c1-3-23(16-19-13-9-6-10-14-19)17-20(21(24)25-4-2)22-15-18-11-7-5-8-12-18/h5-14,20,22H,3-4,15-17H2,1-2H3. The van der Waals surface area contributed by atoms with Crippen molar-refractivity contribution in [2.24, 2.45) is 0 Å². The van der Waals surface area contributed by atoms with Crippen molar-refractivity contribution in [2.75, 3.05) is 19.7 Å². The first-order valence-corrected chi connectivity index (χ1v) is 8.93. The summed E-state index contributed by atoms with van der Waals surface area (Å²) in [4.78, 5) is 14.6. The third-order valence-electron chi connectivity index (χ3n) is 4.10. The third-order valence-corrected chi connectivity index (χ3v) is 4.10. The molecule has 0 saturated heterocycles. The van der Waals surface area contributed by atoms with Crippen LogP contribution in [0.2, 0.25) is 0 Å². The largest absolute Gasteiger partial charge is 0.465 e. The van der Waals surface area contributed by atoms with E-state index < -0.39 is 0 Å². The first kappa shape index (κ1) is 19.2. The van der Waals surface area contributed by atoms with Crippen LogP contribution in [0.3, 0.4) is 0 Å².